The fraction of sp³-hybridized carbons (Fsp3) is 0.875. The molecule has 0 amide bonds. The predicted molar refractivity (Wildman–Crippen MR) is 44.6 cm³/mol. The molecule has 2 aliphatic rings. The molecule has 3 nitrogen and oxygen atoms in total. The second kappa shape index (κ2) is 2.21. The number of nitrogens with one attached hydrogen (secondary N) is 2. The van der Waals surface area contributed by atoms with E-state index in [-0.39, 0.29) is 0 Å². The smallest absolute Gasteiger partial charge is 0.0942 e. The Bertz CT molecular complexity index is 182. The van der Waals surface area contributed by atoms with Gasteiger partial charge in [-0.3, -0.25) is 5.41 Å². The molecule has 1 unspecified atom stereocenters. The Balaban J connectivity index is 1.99. The van der Waals surface area contributed by atoms with Crippen molar-refractivity contribution >= 4 is 5.84 Å². The van der Waals surface area contributed by atoms with Crippen LogP contribution in [0.1, 0.15) is 19.3 Å². The van der Waals surface area contributed by atoms with Crippen molar-refractivity contribution in [1.82, 2.24) is 5.32 Å². The van der Waals surface area contributed by atoms with E-state index in [4.69, 9.17) is 11.1 Å². The van der Waals surface area contributed by atoms with Crippen LogP contribution >= 0.6 is 0 Å². The summed E-state index contributed by atoms with van der Waals surface area (Å²) in [7, 11) is 0. The topological polar surface area (TPSA) is 61.9 Å². The first kappa shape index (κ1) is 7.10. The summed E-state index contributed by atoms with van der Waals surface area (Å²) in [5.74, 6) is 0.830. The van der Waals surface area contributed by atoms with Crippen LogP contribution in [0.5, 0.6) is 0 Å². The van der Waals surface area contributed by atoms with Crippen LogP contribution < -0.4 is 11.1 Å². The van der Waals surface area contributed by atoms with E-state index in [1.165, 1.54) is 19.3 Å². The first-order valence-corrected chi connectivity index (χ1v) is 4.29. The summed E-state index contributed by atoms with van der Waals surface area (Å²) in [5.41, 5.74) is 5.92. The standard InChI is InChI=1S/C8H15N3/c9-7(10)6-5-8(6)1-3-11-4-2-8/h6,11H,1-5H2,(H3,9,10). The molecule has 0 bridgehead atoms. The number of rotatable bonds is 1. The lowest BCUT2D eigenvalue weighted by Gasteiger charge is -2.22. The van der Waals surface area contributed by atoms with Crippen LogP contribution in [0, 0.1) is 16.7 Å². The van der Waals surface area contributed by atoms with Crippen molar-refractivity contribution in [3.63, 3.8) is 0 Å². The SMILES string of the molecule is N=C(N)C1CC12CCNCC2. The predicted octanol–water partition coefficient (Wildman–Crippen LogP) is 0.312. The molecule has 4 N–H and O–H groups in total. The summed E-state index contributed by atoms with van der Waals surface area (Å²) in [6, 6.07) is 0. The molecule has 1 spiro atoms. The highest BCUT2D eigenvalue weighted by atomic mass is 14.9. The highest BCUT2D eigenvalue weighted by molar-refractivity contribution is 5.83. The number of nitrogens with two attached hydrogens (primary N) is 1. The molecule has 1 heterocycles. The van der Waals surface area contributed by atoms with E-state index in [1.54, 1.807) is 0 Å². The molecule has 62 valence electrons. The van der Waals surface area contributed by atoms with Gasteiger partial charge in [0, 0.05) is 5.92 Å². The van der Waals surface area contributed by atoms with E-state index in [0.29, 0.717) is 17.2 Å². The van der Waals surface area contributed by atoms with Crippen molar-refractivity contribution in [3.05, 3.63) is 0 Å². The molecule has 1 atom stereocenters. The monoisotopic (exact) mass is 153 g/mol. The Morgan fingerprint density at radius 1 is 1.45 bits per heavy atom. The minimum atomic E-state index is 0.409. The molecule has 11 heavy (non-hydrogen) atoms. The molecule has 1 aliphatic carbocycles. The third-order valence-corrected chi connectivity index (χ3v) is 3.16. The van der Waals surface area contributed by atoms with Crippen LogP contribution in [-0.2, 0) is 0 Å². The van der Waals surface area contributed by atoms with Gasteiger partial charge < -0.3 is 11.1 Å². The lowest BCUT2D eigenvalue weighted by molar-refractivity contribution is 0.340. The molecule has 1 saturated carbocycles. The summed E-state index contributed by atoms with van der Waals surface area (Å²) in [6.45, 7) is 2.23. The maximum atomic E-state index is 7.33. The normalized spacial score (nSPS) is 33.6. The zero-order valence-corrected chi connectivity index (χ0v) is 6.69. The molecule has 2 fully saturated rings. The van der Waals surface area contributed by atoms with E-state index in [9.17, 15) is 0 Å². The van der Waals surface area contributed by atoms with Crippen molar-refractivity contribution in [1.29, 1.82) is 5.41 Å². The first-order valence-electron chi connectivity index (χ1n) is 4.29. The van der Waals surface area contributed by atoms with E-state index >= 15 is 0 Å². The Morgan fingerprint density at radius 3 is 2.55 bits per heavy atom. The van der Waals surface area contributed by atoms with Crippen LogP contribution in [0.2, 0.25) is 0 Å². The summed E-state index contributed by atoms with van der Waals surface area (Å²) in [5, 5.41) is 10.7. The van der Waals surface area contributed by atoms with Crippen LogP contribution in [-0.4, -0.2) is 18.9 Å². The average molecular weight is 153 g/mol. The van der Waals surface area contributed by atoms with Gasteiger partial charge in [0.15, 0.2) is 0 Å². The number of piperidine rings is 1. The van der Waals surface area contributed by atoms with Gasteiger partial charge in [-0.05, 0) is 37.8 Å². The zero-order valence-electron chi connectivity index (χ0n) is 6.69. The molecule has 3 heteroatoms. The molecule has 2 rings (SSSR count). The molecule has 1 saturated heterocycles. The van der Waals surface area contributed by atoms with Crippen molar-refractivity contribution < 1.29 is 0 Å². The Hall–Kier alpha value is -0.570. The van der Waals surface area contributed by atoms with Crippen molar-refractivity contribution in [2.24, 2.45) is 17.1 Å². The van der Waals surface area contributed by atoms with Gasteiger partial charge in [0.2, 0.25) is 0 Å². The number of amidine groups is 1. The second-order valence-corrected chi connectivity index (χ2v) is 3.82. The second-order valence-electron chi connectivity index (χ2n) is 3.82. The van der Waals surface area contributed by atoms with Crippen LogP contribution in [0.15, 0.2) is 0 Å². The van der Waals surface area contributed by atoms with Gasteiger partial charge in [0.1, 0.15) is 0 Å². The van der Waals surface area contributed by atoms with Crippen molar-refractivity contribution in [3.8, 4) is 0 Å². The molecular formula is C8H15N3. The molecule has 1 aliphatic heterocycles. The van der Waals surface area contributed by atoms with Crippen molar-refractivity contribution in [2.75, 3.05) is 13.1 Å². The fourth-order valence-corrected chi connectivity index (χ4v) is 2.26. The summed E-state index contributed by atoms with van der Waals surface area (Å²) >= 11 is 0. The van der Waals surface area contributed by atoms with Gasteiger partial charge in [0.05, 0.1) is 5.84 Å². The van der Waals surface area contributed by atoms with E-state index < -0.39 is 0 Å². The summed E-state index contributed by atoms with van der Waals surface area (Å²) in [6.07, 6.45) is 3.61. The van der Waals surface area contributed by atoms with Gasteiger partial charge in [-0.2, -0.15) is 0 Å². The maximum absolute atomic E-state index is 7.33. The molecule has 0 radical (unpaired) electrons. The minimum absolute atomic E-state index is 0.409. The molecule has 0 aromatic heterocycles. The lowest BCUT2D eigenvalue weighted by Crippen LogP contribution is -2.31. The van der Waals surface area contributed by atoms with Gasteiger partial charge >= 0.3 is 0 Å². The highest BCUT2D eigenvalue weighted by Crippen LogP contribution is 2.58. The third kappa shape index (κ3) is 1.03. The Kier molecular flexibility index (Phi) is 1.42. The summed E-state index contributed by atoms with van der Waals surface area (Å²) < 4.78 is 0. The van der Waals surface area contributed by atoms with E-state index in [2.05, 4.69) is 5.32 Å². The first-order chi connectivity index (χ1) is 5.25. The lowest BCUT2D eigenvalue weighted by atomic mass is 9.92. The summed E-state index contributed by atoms with van der Waals surface area (Å²) in [4.78, 5) is 0. The van der Waals surface area contributed by atoms with Gasteiger partial charge in [-0.25, -0.2) is 0 Å². The fourth-order valence-electron chi connectivity index (χ4n) is 2.26. The Labute approximate surface area is 66.9 Å². The van der Waals surface area contributed by atoms with Gasteiger partial charge in [0.25, 0.3) is 0 Å². The maximum Gasteiger partial charge on any atom is 0.0942 e. The number of hydrogen-bond acceptors (Lipinski definition) is 2. The molecule has 0 aromatic rings. The zero-order chi connectivity index (χ0) is 7.90. The average Bonchev–Trinajstić information content (AvgIpc) is 2.66. The van der Waals surface area contributed by atoms with E-state index in [0.717, 1.165) is 13.1 Å². The largest absolute Gasteiger partial charge is 0.387 e. The van der Waals surface area contributed by atoms with Gasteiger partial charge in [-0.1, -0.05) is 0 Å². The third-order valence-electron chi connectivity index (χ3n) is 3.16. The number of hydrogen-bond donors (Lipinski definition) is 3. The minimum Gasteiger partial charge on any atom is -0.387 e. The van der Waals surface area contributed by atoms with Crippen LogP contribution in [0.25, 0.3) is 0 Å². The van der Waals surface area contributed by atoms with E-state index in [1.807, 2.05) is 0 Å². The van der Waals surface area contributed by atoms with Crippen LogP contribution in [0.4, 0.5) is 0 Å². The molecular weight excluding hydrogens is 138 g/mol. The van der Waals surface area contributed by atoms with Crippen molar-refractivity contribution in [2.45, 2.75) is 19.3 Å². The highest BCUT2D eigenvalue weighted by Gasteiger charge is 2.55. The quantitative estimate of drug-likeness (QED) is 0.375. The molecule has 0 aromatic carbocycles. The Morgan fingerprint density at radius 2 is 2.09 bits per heavy atom. The van der Waals surface area contributed by atoms with Crippen LogP contribution in [0.3, 0.4) is 0 Å². The van der Waals surface area contributed by atoms with Gasteiger partial charge in [-0.15, -0.1) is 0 Å².